The van der Waals surface area contributed by atoms with E-state index in [0.29, 0.717) is 11.4 Å². The number of rotatable bonds is 5. The van der Waals surface area contributed by atoms with E-state index in [0.717, 1.165) is 35.8 Å². The zero-order valence-electron chi connectivity index (χ0n) is 14.6. The van der Waals surface area contributed by atoms with Gasteiger partial charge in [-0.05, 0) is 30.5 Å². The summed E-state index contributed by atoms with van der Waals surface area (Å²) in [6.07, 6.45) is 4.83. The third-order valence-electron chi connectivity index (χ3n) is 4.02. The molecule has 0 bridgehead atoms. The van der Waals surface area contributed by atoms with Gasteiger partial charge in [-0.2, -0.15) is 0 Å². The van der Waals surface area contributed by atoms with E-state index in [2.05, 4.69) is 20.2 Å². The minimum absolute atomic E-state index is 0.227. The highest BCUT2D eigenvalue weighted by molar-refractivity contribution is 8.13. The van der Waals surface area contributed by atoms with E-state index in [4.69, 9.17) is 10.1 Å². The molecule has 3 rings (SSSR count). The van der Waals surface area contributed by atoms with Gasteiger partial charge in [-0.15, -0.1) is 0 Å². The number of likely N-dealkylation sites (tertiary alicyclic amines) is 1. The van der Waals surface area contributed by atoms with E-state index in [1.165, 1.54) is 12.1 Å². The van der Waals surface area contributed by atoms with Crippen LogP contribution in [-0.2, 0) is 0 Å². The largest absolute Gasteiger partial charge is 0.481 e. The first-order valence-corrected chi connectivity index (χ1v) is 9.29. The van der Waals surface area contributed by atoms with Crippen molar-refractivity contribution >= 4 is 34.5 Å². The number of halogens is 1. The Morgan fingerprint density at radius 3 is 2.85 bits per heavy atom. The van der Waals surface area contributed by atoms with Gasteiger partial charge in [0.05, 0.1) is 25.0 Å². The number of pyridine rings is 1. The third-order valence-corrected chi connectivity index (χ3v) is 4.73. The Kier molecular flexibility index (Phi) is 5.72. The average molecular weight is 373 g/mol. The number of methoxy groups -OCH3 is 1. The standard InChI is InChI=1S/C18H20FN5OS/c1-25-17-6-4-14(9-21-17)23-18(26-2)24-10-15(11-24)22-16-5-3-13(19)7-12(16)8-20/h3-9,15,20,22H,10-11H2,1-2H3. The summed E-state index contributed by atoms with van der Waals surface area (Å²) in [7, 11) is 1.58. The Morgan fingerprint density at radius 1 is 1.42 bits per heavy atom. The molecule has 136 valence electrons. The molecule has 0 aliphatic carbocycles. The monoisotopic (exact) mass is 373 g/mol. The second-order valence-corrected chi connectivity index (χ2v) is 6.55. The van der Waals surface area contributed by atoms with Crippen molar-refractivity contribution in [3.8, 4) is 5.88 Å². The number of hydrogen-bond acceptors (Lipinski definition) is 6. The topological polar surface area (TPSA) is 73.6 Å². The molecule has 26 heavy (non-hydrogen) atoms. The number of aliphatic imine (C=N–C) groups is 1. The van der Waals surface area contributed by atoms with Gasteiger partial charge in [0.15, 0.2) is 5.17 Å². The summed E-state index contributed by atoms with van der Waals surface area (Å²) in [5.74, 6) is 0.221. The SMILES string of the molecule is COc1ccc(N=C(SC)N2CC(Nc3ccc(F)cc3C=N)C2)cn1. The van der Waals surface area contributed by atoms with Gasteiger partial charge in [0.2, 0.25) is 5.88 Å². The van der Waals surface area contributed by atoms with Crippen LogP contribution in [0.4, 0.5) is 15.8 Å². The van der Waals surface area contributed by atoms with Crippen LogP contribution in [0.15, 0.2) is 41.5 Å². The molecular weight excluding hydrogens is 353 g/mol. The molecule has 2 heterocycles. The third kappa shape index (κ3) is 4.13. The summed E-state index contributed by atoms with van der Waals surface area (Å²) in [5, 5.41) is 11.7. The fourth-order valence-corrected chi connectivity index (χ4v) is 3.25. The first-order valence-electron chi connectivity index (χ1n) is 8.07. The fraction of sp³-hybridized carbons (Fsp3) is 0.278. The van der Waals surface area contributed by atoms with Crippen LogP contribution in [0.5, 0.6) is 5.88 Å². The number of ether oxygens (including phenoxy) is 1. The van der Waals surface area contributed by atoms with Crippen molar-refractivity contribution in [1.82, 2.24) is 9.88 Å². The van der Waals surface area contributed by atoms with Crippen molar-refractivity contribution < 1.29 is 9.13 Å². The van der Waals surface area contributed by atoms with Gasteiger partial charge < -0.3 is 20.4 Å². The summed E-state index contributed by atoms with van der Waals surface area (Å²) in [6, 6.07) is 8.31. The van der Waals surface area contributed by atoms with Gasteiger partial charge in [0.25, 0.3) is 0 Å². The average Bonchev–Trinajstić information content (AvgIpc) is 2.64. The highest BCUT2D eigenvalue weighted by Gasteiger charge is 2.29. The molecule has 1 aliphatic heterocycles. The van der Waals surface area contributed by atoms with Gasteiger partial charge >= 0.3 is 0 Å². The molecule has 0 atom stereocenters. The lowest BCUT2D eigenvalue weighted by molar-refractivity contribution is 0.275. The maximum absolute atomic E-state index is 13.3. The minimum atomic E-state index is -0.339. The maximum Gasteiger partial charge on any atom is 0.213 e. The summed E-state index contributed by atoms with van der Waals surface area (Å²) in [4.78, 5) is 11.0. The first-order chi connectivity index (χ1) is 12.6. The number of aromatic nitrogens is 1. The van der Waals surface area contributed by atoms with Crippen molar-refractivity contribution in [1.29, 1.82) is 5.41 Å². The summed E-state index contributed by atoms with van der Waals surface area (Å²) in [6.45, 7) is 1.58. The molecule has 1 fully saturated rings. The predicted octanol–water partition coefficient (Wildman–Crippen LogP) is 3.37. The lowest BCUT2D eigenvalue weighted by Crippen LogP contribution is -2.56. The van der Waals surface area contributed by atoms with Crippen LogP contribution in [-0.4, -0.2) is 53.8 Å². The molecule has 6 nitrogen and oxygen atoms in total. The number of nitrogens with zero attached hydrogens (tertiary/aromatic N) is 3. The summed E-state index contributed by atoms with van der Waals surface area (Å²) >= 11 is 1.58. The highest BCUT2D eigenvalue weighted by Crippen LogP contribution is 2.24. The van der Waals surface area contributed by atoms with E-state index in [1.54, 1.807) is 37.2 Å². The zero-order chi connectivity index (χ0) is 18.5. The van der Waals surface area contributed by atoms with Gasteiger partial charge in [-0.1, -0.05) is 11.8 Å². The minimum Gasteiger partial charge on any atom is -0.481 e. The smallest absolute Gasteiger partial charge is 0.213 e. The van der Waals surface area contributed by atoms with Crippen molar-refractivity contribution in [2.75, 3.05) is 31.8 Å². The molecule has 0 unspecified atom stereocenters. The summed E-state index contributed by atoms with van der Waals surface area (Å²) < 4.78 is 18.3. The van der Waals surface area contributed by atoms with Gasteiger partial charge in [0, 0.05) is 36.6 Å². The van der Waals surface area contributed by atoms with E-state index in [1.807, 2.05) is 12.3 Å². The second kappa shape index (κ2) is 8.18. The molecular formula is C18H20FN5OS. The lowest BCUT2D eigenvalue weighted by atomic mass is 10.1. The highest BCUT2D eigenvalue weighted by atomic mass is 32.2. The number of benzene rings is 1. The second-order valence-electron chi connectivity index (χ2n) is 5.78. The molecule has 1 aromatic carbocycles. The van der Waals surface area contributed by atoms with Crippen LogP contribution in [0.3, 0.4) is 0 Å². The number of hydrogen-bond donors (Lipinski definition) is 2. The van der Waals surface area contributed by atoms with Crippen molar-refractivity contribution in [3.05, 3.63) is 47.9 Å². The number of thioether (sulfide) groups is 1. The normalized spacial score (nSPS) is 14.7. The Labute approximate surface area is 156 Å². The van der Waals surface area contributed by atoms with E-state index < -0.39 is 0 Å². The van der Waals surface area contributed by atoms with Crippen LogP contribution >= 0.6 is 11.8 Å². The van der Waals surface area contributed by atoms with Crippen LogP contribution in [0.25, 0.3) is 0 Å². The Bertz CT molecular complexity index is 806. The Balaban J connectivity index is 1.62. The Morgan fingerprint density at radius 2 is 2.23 bits per heavy atom. The van der Waals surface area contributed by atoms with Gasteiger partial charge in [-0.25, -0.2) is 14.4 Å². The molecule has 0 saturated carbocycles. The molecule has 0 amide bonds. The summed E-state index contributed by atoms with van der Waals surface area (Å²) in [5.41, 5.74) is 2.09. The van der Waals surface area contributed by atoms with Crippen LogP contribution < -0.4 is 10.1 Å². The van der Waals surface area contributed by atoms with Crippen LogP contribution in [0, 0.1) is 11.2 Å². The molecule has 1 saturated heterocycles. The molecule has 1 aliphatic rings. The van der Waals surface area contributed by atoms with Crippen molar-refractivity contribution in [2.45, 2.75) is 6.04 Å². The zero-order valence-corrected chi connectivity index (χ0v) is 15.4. The Hall–Kier alpha value is -2.61. The van der Waals surface area contributed by atoms with E-state index >= 15 is 0 Å². The number of anilines is 1. The van der Waals surface area contributed by atoms with Crippen LogP contribution in [0.1, 0.15) is 5.56 Å². The van der Waals surface area contributed by atoms with E-state index in [9.17, 15) is 4.39 Å². The molecule has 2 aromatic rings. The first kappa shape index (κ1) is 18.2. The molecule has 8 heteroatoms. The lowest BCUT2D eigenvalue weighted by Gasteiger charge is -2.41. The van der Waals surface area contributed by atoms with Gasteiger partial charge in [-0.3, -0.25) is 0 Å². The predicted molar refractivity (Wildman–Crippen MR) is 105 cm³/mol. The van der Waals surface area contributed by atoms with E-state index in [-0.39, 0.29) is 11.9 Å². The van der Waals surface area contributed by atoms with Crippen LogP contribution in [0.2, 0.25) is 0 Å². The van der Waals surface area contributed by atoms with Crippen molar-refractivity contribution in [2.24, 2.45) is 4.99 Å². The molecule has 0 spiro atoms. The van der Waals surface area contributed by atoms with Crippen molar-refractivity contribution in [3.63, 3.8) is 0 Å². The molecule has 1 aromatic heterocycles. The fourth-order valence-electron chi connectivity index (χ4n) is 2.65. The quantitative estimate of drug-likeness (QED) is 0.621. The maximum atomic E-state index is 13.3. The number of amidine groups is 1. The molecule has 2 N–H and O–H groups in total. The van der Waals surface area contributed by atoms with Gasteiger partial charge in [0.1, 0.15) is 5.82 Å². The number of nitrogens with one attached hydrogen (secondary N) is 2. The molecule has 0 radical (unpaired) electrons.